The summed E-state index contributed by atoms with van der Waals surface area (Å²) in [7, 11) is 1.96. The Morgan fingerprint density at radius 2 is 2.04 bits per heavy atom. The largest absolute Gasteiger partial charge is 0.478 e. The van der Waals surface area contributed by atoms with E-state index in [0.29, 0.717) is 12.3 Å². The third-order valence-electron chi connectivity index (χ3n) is 4.48. The zero-order chi connectivity index (χ0) is 16.7. The van der Waals surface area contributed by atoms with Gasteiger partial charge in [-0.1, -0.05) is 19.1 Å². The summed E-state index contributed by atoms with van der Waals surface area (Å²) in [5.74, 6) is 0.378. The van der Waals surface area contributed by atoms with Gasteiger partial charge in [0.1, 0.15) is 0 Å². The minimum Gasteiger partial charge on any atom is -0.478 e. The number of rotatable bonds is 7. The van der Waals surface area contributed by atoms with E-state index in [2.05, 4.69) is 5.32 Å². The van der Waals surface area contributed by atoms with Crippen LogP contribution in [0, 0.1) is 11.7 Å². The van der Waals surface area contributed by atoms with Crippen LogP contribution in [-0.4, -0.2) is 43.6 Å². The summed E-state index contributed by atoms with van der Waals surface area (Å²) in [6.07, 6.45) is 3.14. The maximum atomic E-state index is 13.7. The smallest absolute Gasteiger partial charge is 0.263 e. The van der Waals surface area contributed by atoms with E-state index in [1.54, 1.807) is 18.2 Å². The predicted octanol–water partition coefficient (Wildman–Crippen LogP) is 3.25. The van der Waals surface area contributed by atoms with Gasteiger partial charge >= 0.3 is 0 Å². The Morgan fingerprint density at radius 1 is 1.38 bits per heavy atom. The number of likely N-dealkylation sites (tertiary alicyclic amines) is 1. The van der Waals surface area contributed by atoms with Gasteiger partial charge in [0.2, 0.25) is 0 Å². The number of ether oxygens (including phenoxy) is 1. The first-order chi connectivity index (χ1) is 11.2. The van der Waals surface area contributed by atoms with E-state index in [4.69, 9.17) is 4.74 Å². The Morgan fingerprint density at radius 3 is 2.62 bits per heavy atom. The van der Waals surface area contributed by atoms with Gasteiger partial charge < -0.3 is 15.0 Å². The molecule has 1 N–H and O–H groups in total. The highest BCUT2D eigenvalue weighted by atomic mass is 35.5. The van der Waals surface area contributed by atoms with Gasteiger partial charge in [-0.2, -0.15) is 0 Å². The molecule has 0 aliphatic carbocycles. The zero-order valence-corrected chi connectivity index (χ0v) is 15.3. The maximum Gasteiger partial charge on any atom is 0.263 e. The average Bonchev–Trinajstić information content (AvgIpc) is 2.59. The van der Waals surface area contributed by atoms with E-state index in [1.807, 2.05) is 18.9 Å². The molecular weight excluding hydrogens is 331 g/mol. The first-order valence-electron chi connectivity index (χ1n) is 8.50. The Balaban J connectivity index is 0.00000288. The van der Waals surface area contributed by atoms with Crippen molar-refractivity contribution in [1.82, 2.24) is 10.2 Å². The second-order valence-electron chi connectivity index (χ2n) is 6.11. The second kappa shape index (κ2) is 10.5. The quantitative estimate of drug-likeness (QED) is 0.813. The molecule has 0 saturated carbocycles. The molecule has 1 heterocycles. The first-order valence-corrected chi connectivity index (χ1v) is 8.50. The number of para-hydroxylation sites is 1. The molecule has 1 fully saturated rings. The Hall–Kier alpha value is -1.33. The summed E-state index contributed by atoms with van der Waals surface area (Å²) in [5.41, 5.74) is 0. The van der Waals surface area contributed by atoms with Crippen LogP contribution < -0.4 is 10.1 Å². The van der Waals surface area contributed by atoms with Gasteiger partial charge in [-0.05, 0) is 57.3 Å². The maximum absolute atomic E-state index is 13.7. The molecular formula is C18H28ClFN2O2. The van der Waals surface area contributed by atoms with Crippen LogP contribution in [0.3, 0.4) is 0 Å². The number of carbonyl (C=O) groups is 1. The molecule has 0 radical (unpaired) electrons. The standard InChI is InChI=1S/C18H27FN2O2.ClH/c1-3-16(23-17-7-5-4-6-15(17)19)18(22)21-12-9-14(10-13-21)8-11-20-2;/h4-7,14,16,20H,3,8-13H2,1-2H3;1H. The normalized spacial score (nSPS) is 16.4. The molecule has 4 nitrogen and oxygen atoms in total. The lowest BCUT2D eigenvalue weighted by Crippen LogP contribution is -2.45. The summed E-state index contributed by atoms with van der Waals surface area (Å²) >= 11 is 0. The summed E-state index contributed by atoms with van der Waals surface area (Å²) < 4.78 is 19.3. The SMILES string of the molecule is CCC(Oc1ccccc1F)C(=O)N1CCC(CCNC)CC1.Cl. The van der Waals surface area contributed by atoms with Crippen molar-refractivity contribution in [2.24, 2.45) is 5.92 Å². The molecule has 1 aliphatic rings. The molecule has 1 amide bonds. The molecule has 0 aromatic heterocycles. The molecule has 1 aromatic carbocycles. The number of piperidine rings is 1. The highest BCUT2D eigenvalue weighted by molar-refractivity contribution is 5.85. The van der Waals surface area contributed by atoms with Crippen LogP contribution >= 0.6 is 12.4 Å². The molecule has 1 unspecified atom stereocenters. The molecule has 2 rings (SSSR count). The van der Waals surface area contributed by atoms with Crippen molar-refractivity contribution in [3.8, 4) is 5.75 Å². The third kappa shape index (κ3) is 5.64. The van der Waals surface area contributed by atoms with Crippen molar-refractivity contribution in [3.63, 3.8) is 0 Å². The van der Waals surface area contributed by atoms with Gasteiger partial charge in [0.25, 0.3) is 5.91 Å². The molecule has 1 saturated heterocycles. The lowest BCUT2D eigenvalue weighted by atomic mass is 9.93. The first kappa shape index (κ1) is 20.7. The Kier molecular flexibility index (Phi) is 9.08. The predicted molar refractivity (Wildman–Crippen MR) is 96.2 cm³/mol. The van der Waals surface area contributed by atoms with E-state index in [1.165, 1.54) is 6.07 Å². The number of carbonyl (C=O) groups excluding carboxylic acids is 1. The van der Waals surface area contributed by atoms with Gasteiger partial charge in [-0.15, -0.1) is 12.4 Å². The molecule has 1 atom stereocenters. The molecule has 24 heavy (non-hydrogen) atoms. The van der Waals surface area contributed by atoms with Crippen molar-refractivity contribution in [2.75, 3.05) is 26.7 Å². The fourth-order valence-electron chi connectivity index (χ4n) is 3.00. The van der Waals surface area contributed by atoms with E-state index in [-0.39, 0.29) is 24.1 Å². The van der Waals surface area contributed by atoms with Gasteiger partial charge in [0, 0.05) is 13.1 Å². The molecule has 1 aliphatic heterocycles. The average molecular weight is 359 g/mol. The number of hydrogen-bond acceptors (Lipinski definition) is 3. The topological polar surface area (TPSA) is 41.6 Å². The number of benzene rings is 1. The van der Waals surface area contributed by atoms with E-state index in [9.17, 15) is 9.18 Å². The zero-order valence-electron chi connectivity index (χ0n) is 14.5. The number of nitrogens with zero attached hydrogens (tertiary/aromatic N) is 1. The fraction of sp³-hybridized carbons (Fsp3) is 0.611. The summed E-state index contributed by atoms with van der Waals surface area (Å²) in [6, 6.07) is 6.23. The summed E-state index contributed by atoms with van der Waals surface area (Å²) in [5, 5.41) is 3.17. The van der Waals surface area contributed by atoms with Crippen LogP contribution in [-0.2, 0) is 4.79 Å². The number of amides is 1. The van der Waals surface area contributed by atoms with Crippen LogP contribution in [0.2, 0.25) is 0 Å². The molecule has 1 aromatic rings. The second-order valence-corrected chi connectivity index (χ2v) is 6.11. The van der Waals surface area contributed by atoms with E-state index >= 15 is 0 Å². The minimum atomic E-state index is -0.610. The summed E-state index contributed by atoms with van der Waals surface area (Å²) in [6.45, 7) is 4.45. The summed E-state index contributed by atoms with van der Waals surface area (Å²) in [4.78, 5) is 14.5. The van der Waals surface area contributed by atoms with Crippen LogP contribution in [0.5, 0.6) is 5.75 Å². The van der Waals surface area contributed by atoms with Crippen LogP contribution in [0.1, 0.15) is 32.6 Å². The van der Waals surface area contributed by atoms with Gasteiger partial charge in [-0.3, -0.25) is 4.79 Å². The highest BCUT2D eigenvalue weighted by Crippen LogP contribution is 2.23. The Labute approximate surface area is 150 Å². The van der Waals surface area contributed by atoms with Crippen molar-refractivity contribution in [3.05, 3.63) is 30.1 Å². The fourth-order valence-corrected chi connectivity index (χ4v) is 3.00. The number of hydrogen-bond donors (Lipinski definition) is 1. The lowest BCUT2D eigenvalue weighted by molar-refractivity contribution is -0.140. The van der Waals surface area contributed by atoms with Crippen LogP contribution in [0.25, 0.3) is 0 Å². The van der Waals surface area contributed by atoms with Crippen molar-refractivity contribution >= 4 is 18.3 Å². The Bertz CT molecular complexity index is 508. The minimum absolute atomic E-state index is 0. The van der Waals surface area contributed by atoms with Crippen molar-refractivity contribution in [2.45, 2.75) is 38.7 Å². The number of halogens is 2. The molecule has 0 bridgehead atoms. The van der Waals surface area contributed by atoms with Crippen LogP contribution in [0.15, 0.2) is 24.3 Å². The van der Waals surface area contributed by atoms with Gasteiger partial charge in [0.15, 0.2) is 17.7 Å². The lowest BCUT2D eigenvalue weighted by Gasteiger charge is -2.34. The molecule has 6 heteroatoms. The van der Waals surface area contributed by atoms with E-state index in [0.717, 1.165) is 38.9 Å². The van der Waals surface area contributed by atoms with Crippen molar-refractivity contribution < 1.29 is 13.9 Å². The number of nitrogens with one attached hydrogen (secondary N) is 1. The monoisotopic (exact) mass is 358 g/mol. The van der Waals surface area contributed by atoms with Crippen LogP contribution in [0.4, 0.5) is 4.39 Å². The van der Waals surface area contributed by atoms with Gasteiger partial charge in [-0.25, -0.2) is 4.39 Å². The van der Waals surface area contributed by atoms with E-state index < -0.39 is 11.9 Å². The van der Waals surface area contributed by atoms with Crippen molar-refractivity contribution in [1.29, 1.82) is 0 Å². The van der Waals surface area contributed by atoms with Gasteiger partial charge in [0.05, 0.1) is 0 Å². The molecule has 0 spiro atoms. The highest BCUT2D eigenvalue weighted by Gasteiger charge is 2.28. The molecule has 136 valence electrons. The third-order valence-corrected chi connectivity index (χ3v) is 4.48.